The summed E-state index contributed by atoms with van der Waals surface area (Å²) in [4.78, 5) is 9.93. The van der Waals surface area contributed by atoms with Crippen LogP contribution in [0, 0.1) is 10.1 Å². The Labute approximate surface area is 124 Å². The highest BCUT2D eigenvalue weighted by molar-refractivity contribution is 8.00. The van der Waals surface area contributed by atoms with Gasteiger partial charge in [0.15, 0.2) is 4.34 Å². The van der Waals surface area contributed by atoms with Gasteiger partial charge in [0, 0.05) is 17.4 Å². The summed E-state index contributed by atoms with van der Waals surface area (Å²) in [5.41, 5.74) is -0.392. The fraction of sp³-hybridized carbons (Fsp3) is 0.556. The number of rotatable bonds is 6. The molecule has 0 unspecified atom stereocenters. The summed E-state index contributed by atoms with van der Waals surface area (Å²) in [6.07, 6.45) is 1.88. The topological polar surface area (TPSA) is 89.3 Å². The number of halogens is 1. The van der Waals surface area contributed by atoms with Gasteiger partial charge in [-0.15, -0.1) is 11.3 Å². The second-order valence-electron chi connectivity index (χ2n) is 4.27. The van der Waals surface area contributed by atoms with E-state index in [1.54, 1.807) is 0 Å². The van der Waals surface area contributed by atoms with Gasteiger partial charge in [0.05, 0.1) is 4.92 Å². The Balaban J connectivity index is 2.96. The average Bonchev–Trinajstić information content (AvgIpc) is 2.70. The summed E-state index contributed by atoms with van der Waals surface area (Å²) in [6.45, 7) is 4.01. The van der Waals surface area contributed by atoms with Gasteiger partial charge < -0.3 is 0 Å². The van der Waals surface area contributed by atoms with Gasteiger partial charge in [-0.3, -0.25) is 10.1 Å². The summed E-state index contributed by atoms with van der Waals surface area (Å²) in [5.74, 6) is 0. The molecular weight excluding hydrogens is 332 g/mol. The number of hydrogen-bond donors (Lipinski definition) is 1. The maximum atomic E-state index is 12.0. The Bertz CT molecular complexity index is 582. The molecule has 1 aromatic rings. The Morgan fingerprint density at radius 3 is 2.58 bits per heavy atom. The first kappa shape index (κ1) is 16.7. The minimum absolute atomic E-state index is 0.144. The lowest BCUT2D eigenvalue weighted by Crippen LogP contribution is -2.35. The summed E-state index contributed by atoms with van der Waals surface area (Å²) in [6, 6.07) is 0.974. The van der Waals surface area contributed by atoms with Crippen molar-refractivity contribution < 1.29 is 13.3 Å². The highest BCUT2D eigenvalue weighted by Crippen LogP contribution is 2.36. The quantitative estimate of drug-likeness (QED) is 0.633. The fourth-order valence-electron chi connectivity index (χ4n) is 1.01. The van der Waals surface area contributed by atoms with Crippen molar-refractivity contribution in [1.82, 2.24) is 4.72 Å². The van der Waals surface area contributed by atoms with E-state index in [9.17, 15) is 18.5 Å². The van der Waals surface area contributed by atoms with Crippen LogP contribution in [0.25, 0.3) is 0 Å². The third-order valence-corrected chi connectivity index (χ3v) is 6.81. The van der Waals surface area contributed by atoms with Gasteiger partial charge in [0.2, 0.25) is 10.0 Å². The zero-order valence-corrected chi connectivity index (χ0v) is 13.7. The number of thiophene rings is 1. The van der Waals surface area contributed by atoms with Crippen molar-refractivity contribution in [2.75, 3.05) is 12.8 Å². The molecule has 1 heterocycles. The summed E-state index contributed by atoms with van der Waals surface area (Å²) in [7, 11) is -3.77. The van der Waals surface area contributed by atoms with Crippen LogP contribution in [0.1, 0.15) is 13.8 Å². The van der Waals surface area contributed by atoms with E-state index in [0.717, 1.165) is 6.07 Å². The van der Waals surface area contributed by atoms with Gasteiger partial charge in [-0.1, -0.05) is 11.6 Å². The molecule has 0 aliphatic carbocycles. The Kier molecular flexibility index (Phi) is 5.24. The van der Waals surface area contributed by atoms with Crippen LogP contribution in [0.2, 0.25) is 4.34 Å². The van der Waals surface area contributed by atoms with E-state index in [1.165, 1.54) is 11.8 Å². The van der Waals surface area contributed by atoms with Crippen LogP contribution >= 0.6 is 34.7 Å². The van der Waals surface area contributed by atoms with Gasteiger partial charge in [0.1, 0.15) is 4.21 Å². The number of hydrogen-bond acceptors (Lipinski definition) is 6. The van der Waals surface area contributed by atoms with Crippen LogP contribution < -0.4 is 4.72 Å². The number of nitrogens with one attached hydrogen (secondary N) is 1. The SMILES string of the molecule is CSC(C)(C)CNS(=O)(=O)c1cc([N+](=O)[O-])c(Cl)s1. The number of nitro groups is 1. The molecule has 0 spiro atoms. The highest BCUT2D eigenvalue weighted by Gasteiger charge is 2.27. The molecule has 0 amide bonds. The molecule has 0 aromatic carbocycles. The molecule has 1 rings (SSSR count). The molecule has 1 N–H and O–H groups in total. The minimum atomic E-state index is -3.77. The average molecular weight is 345 g/mol. The second-order valence-corrected chi connectivity index (χ2v) is 9.43. The maximum Gasteiger partial charge on any atom is 0.300 e. The van der Waals surface area contributed by atoms with Gasteiger partial charge in [-0.2, -0.15) is 11.8 Å². The number of nitrogens with zero attached hydrogens (tertiary/aromatic N) is 1. The molecule has 108 valence electrons. The van der Waals surface area contributed by atoms with E-state index >= 15 is 0 Å². The molecule has 0 radical (unpaired) electrons. The van der Waals surface area contributed by atoms with E-state index < -0.39 is 20.6 Å². The maximum absolute atomic E-state index is 12.0. The number of sulfonamides is 1. The lowest BCUT2D eigenvalue weighted by Gasteiger charge is -2.21. The Morgan fingerprint density at radius 1 is 1.58 bits per heavy atom. The fourth-order valence-corrected chi connectivity index (χ4v) is 4.24. The molecule has 0 fully saturated rings. The molecule has 0 bridgehead atoms. The summed E-state index contributed by atoms with van der Waals surface area (Å²) >= 11 is 7.84. The standard InChI is InChI=1S/C9H13ClN2O4S3/c1-9(2,17-3)5-11-19(15,16)7-4-6(12(13)14)8(10)18-7/h4,11H,5H2,1-3H3. The van der Waals surface area contributed by atoms with Crippen LogP contribution in [0.3, 0.4) is 0 Å². The molecule has 0 atom stereocenters. The van der Waals surface area contributed by atoms with Crippen molar-refractivity contribution in [2.45, 2.75) is 22.8 Å². The van der Waals surface area contributed by atoms with Crippen LogP contribution in [-0.4, -0.2) is 30.9 Å². The third-order valence-electron chi connectivity index (χ3n) is 2.35. The third kappa shape index (κ3) is 4.32. The molecule has 6 nitrogen and oxygen atoms in total. The minimum Gasteiger partial charge on any atom is -0.258 e. The van der Waals surface area contributed by atoms with E-state index in [-0.39, 0.29) is 19.8 Å². The van der Waals surface area contributed by atoms with Gasteiger partial charge in [0.25, 0.3) is 5.69 Å². The van der Waals surface area contributed by atoms with Gasteiger partial charge in [-0.05, 0) is 20.1 Å². The Hall–Kier alpha value is -0.350. The first-order valence-corrected chi connectivity index (χ1v) is 8.98. The summed E-state index contributed by atoms with van der Waals surface area (Å²) < 4.78 is 25.9. The lowest BCUT2D eigenvalue weighted by molar-refractivity contribution is -0.384. The van der Waals surface area contributed by atoms with E-state index in [2.05, 4.69) is 4.72 Å². The van der Waals surface area contributed by atoms with Crippen LogP contribution in [-0.2, 0) is 10.0 Å². The zero-order valence-electron chi connectivity index (χ0n) is 10.5. The van der Waals surface area contributed by atoms with Crippen molar-refractivity contribution in [2.24, 2.45) is 0 Å². The van der Waals surface area contributed by atoms with Crippen molar-refractivity contribution >= 4 is 50.4 Å². The molecule has 1 aromatic heterocycles. The normalized spacial score (nSPS) is 12.6. The molecule has 10 heteroatoms. The van der Waals surface area contributed by atoms with Crippen molar-refractivity contribution in [3.8, 4) is 0 Å². The second kappa shape index (κ2) is 5.96. The smallest absolute Gasteiger partial charge is 0.258 e. The predicted molar refractivity (Wildman–Crippen MR) is 78.8 cm³/mol. The zero-order chi connectivity index (χ0) is 14.8. The molecule has 19 heavy (non-hydrogen) atoms. The van der Waals surface area contributed by atoms with Crippen LogP contribution in [0.5, 0.6) is 0 Å². The molecule has 0 saturated carbocycles. The summed E-state index contributed by atoms with van der Waals surface area (Å²) in [5, 5.41) is 10.6. The van der Waals surface area contributed by atoms with Crippen molar-refractivity contribution in [3.63, 3.8) is 0 Å². The highest BCUT2D eigenvalue weighted by atomic mass is 35.5. The molecule has 0 aliphatic heterocycles. The van der Waals surface area contributed by atoms with Crippen molar-refractivity contribution in [3.05, 3.63) is 20.5 Å². The van der Waals surface area contributed by atoms with E-state index in [0.29, 0.717) is 11.3 Å². The van der Waals surface area contributed by atoms with Crippen LogP contribution in [0.4, 0.5) is 5.69 Å². The Morgan fingerprint density at radius 2 is 2.16 bits per heavy atom. The van der Waals surface area contributed by atoms with Gasteiger partial charge in [-0.25, -0.2) is 13.1 Å². The molecular formula is C9H13ClN2O4S3. The lowest BCUT2D eigenvalue weighted by atomic mass is 10.2. The monoisotopic (exact) mass is 344 g/mol. The first-order chi connectivity index (χ1) is 8.59. The molecule has 0 saturated heterocycles. The molecule has 0 aliphatic rings. The predicted octanol–water partition coefficient (Wildman–Crippen LogP) is 2.73. The van der Waals surface area contributed by atoms with Crippen molar-refractivity contribution in [1.29, 1.82) is 0 Å². The number of thioether (sulfide) groups is 1. The van der Waals surface area contributed by atoms with Gasteiger partial charge >= 0.3 is 0 Å². The van der Waals surface area contributed by atoms with E-state index in [4.69, 9.17) is 11.6 Å². The first-order valence-electron chi connectivity index (χ1n) is 5.07. The van der Waals surface area contributed by atoms with Crippen LogP contribution in [0.15, 0.2) is 10.3 Å². The largest absolute Gasteiger partial charge is 0.300 e. The van der Waals surface area contributed by atoms with E-state index in [1.807, 2.05) is 20.1 Å².